The molecule has 0 aliphatic carbocycles. The molecule has 0 bridgehead atoms. The third-order valence-corrected chi connectivity index (χ3v) is 6.98. The Hall–Kier alpha value is -3.18. The molecule has 1 spiro atoms. The zero-order chi connectivity index (χ0) is 26.6. The fourth-order valence-electron chi connectivity index (χ4n) is 5.06. The summed E-state index contributed by atoms with van der Waals surface area (Å²) < 4.78 is 99.5. The number of aliphatic hydroxyl groups is 1. The van der Waals surface area contributed by atoms with Crippen LogP contribution in [-0.4, -0.2) is 46.0 Å². The van der Waals surface area contributed by atoms with Gasteiger partial charge in [0.15, 0.2) is 0 Å². The predicted molar refractivity (Wildman–Crippen MR) is 119 cm³/mol. The van der Waals surface area contributed by atoms with Crippen molar-refractivity contribution in [1.29, 1.82) is 0 Å². The SMILES string of the molecule is OC(c1ccc(-c2ccc(CN3CC[C@]4(Cc5ccncc5O4)C3)cc2)c(F)c1)(C(F)(F)F)C(F)(F)F. The second-order valence-electron chi connectivity index (χ2n) is 9.50. The van der Waals surface area contributed by atoms with Gasteiger partial charge >= 0.3 is 12.4 Å². The first-order valence-corrected chi connectivity index (χ1v) is 11.4. The first-order chi connectivity index (χ1) is 17.3. The first-order valence-electron chi connectivity index (χ1n) is 11.4. The lowest BCUT2D eigenvalue weighted by atomic mass is 9.90. The van der Waals surface area contributed by atoms with Crippen LogP contribution in [0.2, 0.25) is 0 Å². The molecule has 2 aliphatic heterocycles. The standard InChI is InChI=1S/C26H21F7N2O2/c27-21-11-19(24(36,25(28,29)30)26(31,32)33)5-6-20(21)17-3-1-16(2-4-17)14-35-10-8-23(15-35)12-18-7-9-34-13-22(18)37-23/h1-7,9,11,13,36H,8,10,12,14-15H2/t23-/m0/s1. The molecule has 2 aliphatic rings. The van der Waals surface area contributed by atoms with Crippen molar-refractivity contribution in [2.24, 2.45) is 0 Å². The maximum absolute atomic E-state index is 14.7. The Morgan fingerprint density at radius 2 is 1.68 bits per heavy atom. The number of rotatable bonds is 4. The molecule has 1 saturated heterocycles. The number of benzene rings is 2. The summed E-state index contributed by atoms with van der Waals surface area (Å²) in [5.74, 6) is -0.517. The van der Waals surface area contributed by atoms with Crippen LogP contribution >= 0.6 is 0 Å². The van der Waals surface area contributed by atoms with Crippen molar-refractivity contribution in [3.8, 4) is 16.9 Å². The van der Waals surface area contributed by atoms with Crippen LogP contribution in [0.1, 0.15) is 23.1 Å². The molecule has 1 fully saturated rings. The van der Waals surface area contributed by atoms with Crippen molar-refractivity contribution in [3.63, 3.8) is 0 Å². The van der Waals surface area contributed by atoms with Gasteiger partial charge in [-0.3, -0.25) is 9.88 Å². The van der Waals surface area contributed by atoms with E-state index < -0.39 is 29.3 Å². The third-order valence-electron chi connectivity index (χ3n) is 6.98. The van der Waals surface area contributed by atoms with Crippen LogP contribution in [0.3, 0.4) is 0 Å². The quantitative estimate of drug-likeness (QED) is 0.438. The number of ether oxygens (including phenoxy) is 1. The summed E-state index contributed by atoms with van der Waals surface area (Å²) >= 11 is 0. The van der Waals surface area contributed by atoms with Crippen LogP contribution in [0.25, 0.3) is 11.1 Å². The van der Waals surface area contributed by atoms with E-state index in [-0.39, 0.29) is 22.8 Å². The molecule has 3 heterocycles. The molecule has 1 aromatic heterocycles. The van der Waals surface area contributed by atoms with E-state index >= 15 is 0 Å². The fourth-order valence-corrected chi connectivity index (χ4v) is 5.06. The van der Waals surface area contributed by atoms with Gasteiger partial charge in [-0.2, -0.15) is 26.3 Å². The van der Waals surface area contributed by atoms with E-state index in [1.54, 1.807) is 36.7 Å². The van der Waals surface area contributed by atoms with E-state index in [1.807, 2.05) is 6.07 Å². The predicted octanol–water partition coefficient (Wildman–Crippen LogP) is 5.78. The van der Waals surface area contributed by atoms with Gasteiger partial charge in [-0.05, 0) is 23.3 Å². The number of aromatic nitrogens is 1. The summed E-state index contributed by atoms with van der Waals surface area (Å²) in [4.78, 5) is 6.32. The minimum absolute atomic E-state index is 0.0725. The first kappa shape index (κ1) is 25.5. The summed E-state index contributed by atoms with van der Waals surface area (Å²) in [7, 11) is 0. The molecule has 5 rings (SSSR count). The normalized spacial score (nSPS) is 20.3. The molecule has 196 valence electrons. The fraction of sp³-hybridized carbons (Fsp3) is 0.346. The van der Waals surface area contributed by atoms with E-state index in [1.165, 1.54) is 0 Å². The van der Waals surface area contributed by atoms with Gasteiger partial charge in [0.1, 0.15) is 17.2 Å². The third kappa shape index (κ3) is 4.44. The van der Waals surface area contributed by atoms with Gasteiger partial charge in [0.2, 0.25) is 0 Å². The Labute approximate surface area is 207 Å². The van der Waals surface area contributed by atoms with Gasteiger partial charge in [0, 0.05) is 55.4 Å². The van der Waals surface area contributed by atoms with Crippen molar-refractivity contribution in [2.75, 3.05) is 13.1 Å². The highest BCUT2D eigenvalue weighted by atomic mass is 19.4. The molecule has 11 heteroatoms. The number of hydrogen-bond donors (Lipinski definition) is 1. The van der Waals surface area contributed by atoms with Crippen LogP contribution in [0.5, 0.6) is 5.75 Å². The maximum atomic E-state index is 14.7. The second kappa shape index (κ2) is 8.70. The Morgan fingerprint density at radius 1 is 0.973 bits per heavy atom. The zero-order valence-corrected chi connectivity index (χ0v) is 19.2. The molecule has 37 heavy (non-hydrogen) atoms. The van der Waals surface area contributed by atoms with Crippen LogP contribution in [-0.2, 0) is 18.6 Å². The van der Waals surface area contributed by atoms with Crippen molar-refractivity contribution >= 4 is 0 Å². The Morgan fingerprint density at radius 3 is 2.30 bits per heavy atom. The molecule has 1 N–H and O–H groups in total. The molecule has 3 aromatic rings. The largest absolute Gasteiger partial charge is 0.484 e. The van der Waals surface area contributed by atoms with Crippen LogP contribution in [0.15, 0.2) is 60.9 Å². The van der Waals surface area contributed by atoms with Crippen molar-refractivity contribution in [1.82, 2.24) is 9.88 Å². The molecule has 4 nitrogen and oxygen atoms in total. The number of nitrogens with zero attached hydrogens (tertiary/aromatic N) is 2. The monoisotopic (exact) mass is 526 g/mol. The molecular formula is C26H21F7N2O2. The highest BCUT2D eigenvalue weighted by Crippen LogP contribution is 2.50. The van der Waals surface area contributed by atoms with E-state index in [0.717, 1.165) is 42.3 Å². The average Bonchev–Trinajstić information content (AvgIpc) is 3.39. The molecule has 1 atom stereocenters. The summed E-state index contributed by atoms with van der Waals surface area (Å²) in [5.41, 5.74) is -5.01. The molecule has 0 radical (unpaired) electrons. The van der Waals surface area contributed by atoms with Gasteiger partial charge < -0.3 is 9.84 Å². The minimum atomic E-state index is -6.09. The van der Waals surface area contributed by atoms with Crippen LogP contribution < -0.4 is 4.74 Å². The molecule has 0 saturated carbocycles. The van der Waals surface area contributed by atoms with Crippen LogP contribution in [0, 0.1) is 5.82 Å². The van der Waals surface area contributed by atoms with Gasteiger partial charge in [0.25, 0.3) is 5.60 Å². The highest BCUT2D eigenvalue weighted by Gasteiger charge is 2.71. The van der Waals surface area contributed by atoms with Crippen LogP contribution in [0.4, 0.5) is 30.7 Å². The van der Waals surface area contributed by atoms with Gasteiger partial charge in [-0.15, -0.1) is 0 Å². The number of pyridine rings is 1. The highest BCUT2D eigenvalue weighted by molar-refractivity contribution is 5.65. The van der Waals surface area contributed by atoms with Gasteiger partial charge in [0.05, 0.1) is 6.20 Å². The van der Waals surface area contributed by atoms with E-state index in [9.17, 15) is 35.8 Å². The molecule has 0 unspecified atom stereocenters. The molecular weight excluding hydrogens is 505 g/mol. The number of likely N-dealkylation sites (tertiary alicyclic amines) is 1. The summed E-state index contributed by atoms with van der Waals surface area (Å²) in [6.07, 6.45) is -7.08. The topological polar surface area (TPSA) is 45.6 Å². The zero-order valence-electron chi connectivity index (χ0n) is 19.2. The lowest BCUT2D eigenvalue weighted by Gasteiger charge is -2.32. The summed E-state index contributed by atoms with van der Waals surface area (Å²) in [5, 5.41) is 9.51. The minimum Gasteiger partial charge on any atom is -0.484 e. The number of hydrogen-bond acceptors (Lipinski definition) is 4. The summed E-state index contributed by atoms with van der Waals surface area (Å²) in [6.45, 7) is 2.10. The lowest BCUT2D eigenvalue weighted by molar-refractivity contribution is -0.376. The number of alkyl halides is 6. The van der Waals surface area contributed by atoms with E-state index in [2.05, 4.69) is 9.88 Å². The average molecular weight is 526 g/mol. The maximum Gasteiger partial charge on any atom is 0.430 e. The van der Waals surface area contributed by atoms with Gasteiger partial charge in [-0.1, -0.05) is 36.4 Å². The molecule has 0 amide bonds. The van der Waals surface area contributed by atoms with E-state index in [0.29, 0.717) is 19.2 Å². The Bertz CT molecular complexity index is 1270. The van der Waals surface area contributed by atoms with Crippen molar-refractivity contribution in [3.05, 3.63) is 83.4 Å². The lowest BCUT2D eigenvalue weighted by Crippen LogP contribution is -2.53. The Balaban J connectivity index is 1.29. The van der Waals surface area contributed by atoms with Gasteiger partial charge in [-0.25, -0.2) is 4.39 Å². The Kier molecular flexibility index (Phi) is 5.99. The van der Waals surface area contributed by atoms with Crippen molar-refractivity contribution in [2.45, 2.75) is 42.9 Å². The number of halogens is 7. The number of fused-ring (bicyclic) bond motifs is 1. The summed E-state index contributed by atoms with van der Waals surface area (Å²) in [6, 6.07) is 9.81. The van der Waals surface area contributed by atoms with E-state index in [4.69, 9.17) is 4.74 Å². The smallest absolute Gasteiger partial charge is 0.430 e. The van der Waals surface area contributed by atoms with Crippen molar-refractivity contribution < 1.29 is 40.6 Å². The second-order valence-corrected chi connectivity index (χ2v) is 9.50. The molecule has 2 aromatic carbocycles.